The fourth-order valence-corrected chi connectivity index (χ4v) is 1.04. The number of carbonyl (C=O) groups excluding carboxylic acids is 1. The van der Waals surface area contributed by atoms with Crippen LogP contribution in [0.1, 0.15) is 11.9 Å². The molecule has 0 saturated carbocycles. The van der Waals surface area contributed by atoms with Crippen LogP contribution >= 0.6 is 0 Å². The van der Waals surface area contributed by atoms with Gasteiger partial charge in [0.25, 0.3) is 5.91 Å². The number of hydrogen-bond donors (Lipinski definition) is 1. The Balaban J connectivity index is 2.23. The van der Waals surface area contributed by atoms with Gasteiger partial charge in [0.05, 0.1) is 11.9 Å². The minimum absolute atomic E-state index is 0.161. The molecule has 0 aromatic carbocycles. The summed E-state index contributed by atoms with van der Waals surface area (Å²) < 4.78 is 0. The number of pyridine rings is 1. The molecule has 0 radical (unpaired) electrons. The molecule has 0 aliphatic carbocycles. The lowest BCUT2D eigenvalue weighted by atomic mass is 10.3. The van der Waals surface area contributed by atoms with E-state index in [1.54, 1.807) is 6.20 Å². The number of hydrogen-bond acceptors (Lipinski definition) is 3. The van der Waals surface area contributed by atoms with E-state index in [1.807, 2.05) is 18.2 Å². The van der Waals surface area contributed by atoms with Crippen molar-refractivity contribution < 1.29 is 4.79 Å². The molecule has 1 unspecified atom stereocenters. The van der Waals surface area contributed by atoms with Crippen LogP contribution in [0.25, 0.3) is 0 Å². The molecule has 2 rings (SSSR count). The zero-order valence-corrected chi connectivity index (χ0v) is 6.27. The fraction of sp³-hybridized carbons (Fsp3) is 0.125. The molecule has 1 aliphatic heterocycles. The third kappa shape index (κ3) is 1.18. The lowest BCUT2D eigenvalue weighted by molar-refractivity contribution is -0.114. The van der Waals surface area contributed by atoms with E-state index in [-0.39, 0.29) is 12.1 Å². The Morgan fingerprint density at radius 1 is 1.42 bits per heavy atom. The van der Waals surface area contributed by atoms with E-state index in [0.29, 0.717) is 0 Å². The average Bonchev–Trinajstić information content (AvgIpc) is 2.54. The van der Waals surface area contributed by atoms with Crippen molar-refractivity contribution in [1.82, 2.24) is 10.3 Å². The summed E-state index contributed by atoms with van der Waals surface area (Å²) in [6.07, 6.45) is 2.66. The zero-order chi connectivity index (χ0) is 8.39. The lowest BCUT2D eigenvalue weighted by Gasteiger charge is -2.05. The second-order valence-corrected chi connectivity index (χ2v) is 2.44. The Morgan fingerprint density at radius 3 is 2.92 bits per heavy atom. The Labute approximate surface area is 69.3 Å². The largest absolute Gasteiger partial charge is 0.324 e. The van der Waals surface area contributed by atoms with E-state index in [0.717, 1.165) is 5.69 Å². The van der Waals surface area contributed by atoms with Crippen LogP contribution in [0, 0.1) is 0 Å². The minimum Gasteiger partial charge on any atom is -0.324 e. The van der Waals surface area contributed by atoms with Gasteiger partial charge in [-0.2, -0.15) is 0 Å². The van der Waals surface area contributed by atoms with Crippen molar-refractivity contribution in [3.05, 3.63) is 30.1 Å². The number of aliphatic imine (C=N–C) groups is 1. The molecule has 1 aromatic heterocycles. The SMILES string of the molecule is O=C1C=NC(c2ccccn2)N1. The van der Waals surface area contributed by atoms with Gasteiger partial charge in [-0.3, -0.25) is 14.8 Å². The van der Waals surface area contributed by atoms with Gasteiger partial charge in [0, 0.05) is 6.20 Å². The van der Waals surface area contributed by atoms with E-state index < -0.39 is 0 Å². The van der Waals surface area contributed by atoms with Gasteiger partial charge in [0.2, 0.25) is 0 Å². The van der Waals surface area contributed by atoms with Crippen molar-refractivity contribution in [2.75, 3.05) is 0 Å². The van der Waals surface area contributed by atoms with Crippen molar-refractivity contribution >= 4 is 12.1 Å². The van der Waals surface area contributed by atoms with Gasteiger partial charge >= 0.3 is 0 Å². The second kappa shape index (κ2) is 2.73. The minimum atomic E-state index is -0.293. The van der Waals surface area contributed by atoms with Gasteiger partial charge in [-0.1, -0.05) is 6.07 Å². The molecule has 4 nitrogen and oxygen atoms in total. The average molecular weight is 161 g/mol. The normalized spacial score (nSPS) is 21.0. The third-order valence-corrected chi connectivity index (χ3v) is 1.59. The van der Waals surface area contributed by atoms with Crippen LogP contribution in [0.15, 0.2) is 29.4 Å². The van der Waals surface area contributed by atoms with Crippen LogP contribution in [-0.2, 0) is 4.79 Å². The van der Waals surface area contributed by atoms with E-state index in [4.69, 9.17) is 0 Å². The van der Waals surface area contributed by atoms with Crippen LogP contribution in [0.5, 0.6) is 0 Å². The molecule has 0 spiro atoms. The summed E-state index contributed by atoms with van der Waals surface area (Å²) in [6.45, 7) is 0. The van der Waals surface area contributed by atoms with Crippen molar-refractivity contribution in [1.29, 1.82) is 0 Å². The van der Waals surface area contributed by atoms with Crippen molar-refractivity contribution in [3.63, 3.8) is 0 Å². The molecular weight excluding hydrogens is 154 g/mol. The number of nitrogens with one attached hydrogen (secondary N) is 1. The first kappa shape index (κ1) is 6.97. The predicted molar refractivity (Wildman–Crippen MR) is 43.6 cm³/mol. The van der Waals surface area contributed by atoms with Crippen LogP contribution in [0.4, 0.5) is 0 Å². The standard InChI is InChI=1S/C8H7N3O/c12-7-5-10-8(11-7)6-3-1-2-4-9-6/h1-5,8H,(H,11,12). The van der Waals surface area contributed by atoms with Gasteiger partial charge in [0.15, 0.2) is 6.17 Å². The molecule has 1 atom stereocenters. The zero-order valence-electron chi connectivity index (χ0n) is 6.27. The smallest absolute Gasteiger partial charge is 0.264 e. The number of nitrogens with zero attached hydrogens (tertiary/aromatic N) is 2. The van der Waals surface area contributed by atoms with Gasteiger partial charge in [-0.05, 0) is 12.1 Å². The Hall–Kier alpha value is -1.71. The maximum absolute atomic E-state index is 10.7. The fourth-order valence-electron chi connectivity index (χ4n) is 1.04. The maximum atomic E-state index is 10.7. The van der Waals surface area contributed by atoms with E-state index in [1.165, 1.54) is 6.21 Å². The highest BCUT2D eigenvalue weighted by Crippen LogP contribution is 2.12. The quantitative estimate of drug-likeness (QED) is 0.643. The molecule has 0 saturated heterocycles. The van der Waals surface area contributed by atoms with E-state index in [9.17, 15) is 4.79 Å². The highest BCUT2D eigenvalue weighted by Gasteiger charge is 2.17. The van der Waals surface area contributed by atoms with Crippen LogP contribution in [0.3, 0.4) is 0 Å². The molecule has 60 valence electrons. The van der Waals surface area contributed by atoms with E-state index in [2.05, 4.69) is 15.3 Å². The van der Waals surface area contributed by atoms with Crippen LogP contribution in [0.2, 0.25) is 0 Å². The molecule has 1 aromatic rings. The van der Waals surface area contributed by atoms with Gasteiger partial charge in [0.1, 0.15) is 0 Å². The molecule has 12 heavy (non-hydrogen) atoms. The number of aromatic nitrogens is 1. The molecule has 1 aliphatic rings. The van der Waals surface area contributed by atoms with Crippen molar-refractivity contribution in [3.8, 4) is 0 Å². The Morgan fingerprint density at radius 2 is 2.33 bits per heavy atom. The van der Waals surface area contributed by atoms with Crippen molar-refractivity contribution in [2.24, 2.45) is 4.99 Å². The number of carbonyl (C=O) groups is 1. The Kier molecular flexibility index (Phi) is 1.59. The van der Waals surface area contributed by atoms with Crippen molar-refractivity contribution in [2.45, 2.75) is 6.17 Å². The molecule has 0 bridgehead atoms. The summed E-state index contributed by atoms with van der Waals surface area (Å²) in [6, 6.07) is 5.51. The van der Waals surface area contributed by atoms with Crippen LogP contribution in [-0.4, -0.2) is 17.1 Å². The van der Waals surface area contributed by atoms with Crippen LogP contribution < -0.4 is 5.32 Å². The first-order valence-electron chi connectivity index (χ1n) is 3.61. The van der Waals surface area contributed by atoms with Gasteiger partial charge in [-0.25, -0.2) is 0 Å². The lowest BCUT2D eigenvalue weighted by Crippen LogP contribution is -2.21. The summed E-state index contributed by atoms with van der Waals surface area (Å²) in [4.78, 5) is 18.7. The highest BCUT2D eigenvalue weighted by molar-refractivity contribution is 6.27. The monoisotopic (exact) mass is 161 g/mol. The summed E-state index contributed by atoms with van der Waals surface area (Å²) in [5.74, 6) is -0.161. The first-order valence-corrected chi connectivity index (χ1v) is 3.61. The predicted octanol–water partition coefficient (Wildman–Crippen LogP) is 0.281. The molecule has 4 heteroatoms. The van der Waals surface area contributed by atoms with Gasteiger partial charge in [-0.15, -0.1) is 0 Å². The molecule has 0 fully saturated rings. The molecule has 1 N–H and O–H groups in total. The third-order valence-electron chi connectivity index (χ3n) is 1.59. The Bertz CT molecular complexity index is 320. The molecule has 1 amide bonds. The maximum Gasteiger partial charge on any atom is 0.264 e. The first-order chi connectivity index (χ1) is 5.86. The molecule has 2 heterocycles. The summed E-state index contributed by atoms with van der Waals surface area (Å²) >= 11 is 0. The van der Waals surface area contributed by atoms with E-state index >= 15 is 0 Å². The summed E-state index contributed by atoms with van der Waals surface area (Å²) in [5, 5.41) is 2.65. The summed E-state index contributed by atoms with van der Waals surface area (Å²) in [7, 11) is 0. The summed E-state index contributed by atoms with van der Waals surface area (Å²) in [5.41, 5.74) is 0.764. The van der Waals surface area contributed by atoms with Gasteiger partial charge < -0.3 is 5.32 Å². The number of amides is 1. The molecular formula is C8H7N3O. The second-order valence-electron chi connectivity index (χ2n) is 2.44. The number of rotatable bonds is 1. The highest BCUT2D eigenvalue weighted by atomic mass is 16.2. The topological polar surface area (TPSA) is 54.4 Å².